The van der Waals surface area contributed by atoms with E-state index in [1.54, 1.807) is 18.3 Å². The third kappa shape index (κ3) is 3.21. The van der Waals surface area contributed by atoms with Gasteiger partial charge >= 0.3 is 0 Å². The summed E-state index contributed by atoms with van der Waals surface area (Å²) < 4.78 is 0. The minimum Gasteiger partial charge on any atom is -0.391 e. The first-order valence-electron chi connectivity index (χ1n) is 6.28. The predicted octanol–water partition coefficient (Wildman–Crippen LogP) is 2.16. The molecule has 0 radical (unpaired) electrons. The minimum atomic E-state index is -0.466. The third-order valence-corrected chi connectivity index (χ3v) is 3.60. The number of carbonyl (C=O) groups excluding carboxylic acids is 1. The molecular formula is C13H17ClN2O2. The number of aliphatic hydroxyl groups is 1. The lowest BCUT2D eigenvalue weighted by Gasteiger charge is -2.21. The summed E-state index contributed by atoms with van der Waals surface area (Å²) >= 11 is 5.87. The molecular weight excluding hydrogens is 252 g/mol. The van der Waals surface area contributed by atoms with Gasteiger partial charge in [-0.25, -0.2) is 4.98 Å². The molecule has 1 aromatic heterocycles. The topological polar surface area (TPSA) is 62.2 Å². The van der Waals surface area contributed by atoms with Crippen LogP contribution in [0.2, 0.25) is 5.15 Å². The fourth-order valence-corrected chi connectivity index (χ4v) is 2.46. The van der Waals surface area contributed by atoms with E-state index in [9.17, 15) is 9.90 Å². The van der Waals surface area contributed by atoms with Gasteiger partial charge in [0.05, 0.1) is 17.7 Å². The van der Waals surface area contributed by atoms with E-state index >= 15 is 0 Å². The number of halogens is 1. The monoisotopic (exact) mass is 268 g/mol. The van der Waals surface area contributed by atoms with Crippen molar-refractivity contribution < 1.29 is 9.90 Å². The number of aromatic nitrogens is 1. The SMILES string of the molecule is O=C(NC1CCCCCC1O)c1cccnc1Cl. The van der Waals surface area contributed by atoms with Gasteiger partial charge in [-0.1, -0.05) is 30.9 Å². The molecule has 2 unspecified atom stereocenters. The Labute approximate surface area is 111 Å². The molecule has 2 rings (SSSR count). The lowest BCUT2D eigenvalue weighted by Crippen LogP contribution is -2.42. The Hall–Kier alpha value is -1.13. The van der Waals surface area contributed by atoms with Crippen LogP contribution in [0.15, 0.2) is 18.3 Å². The molecule has 5 heteroatoms. The Kier molecular flexibility index (Phi) is 4.55. The van der Waals surface area contributed by atoms with Crippen LogP contribution in [-0.2, 0) is 0 Å². The summed E-state index contributed by atoms with van der Waals surface area (Å²) in [5.74, 6) is -0.265. The van der Waals surface area contributed by atoms with Crippen molar-refractivity contribution in [3.8, 4) is 0 Å². The molecule has 0 saturated heterocycles. The first-order valence-corrected chi connectivity index (χ1v) is 6.65. The fourth-order valence-electron chi connectivity index (χ4n) is 2.26. The molecule has 2 N–H and O–H groups in total. The van der Waals surface area contributed by atoms with Gasteiger partial charge in [0.15, 0.2) is 0 Å². The Bertz CT molecular complexity index is 425. The number of aliphatic hydroxyl groups excluding tert-OH is 1. The van der Waals surface area contributed by atoms with Crippen LogP contribution in [-0.4, -0.2) is 28.1 Å². The van der Waals surface area contributed by atoms with Gasteiger partial charge in [-0.05, 0) is 25.0 Å². The first-order chi connectivity index (χ1) is 8.68. The predicted molar refractivity (Wildman–Crippen MR) is 69.6 cm³/mol. The molecule has 1 aromatic rings. The molecule has 2 atom stereocenters. The van der Waals surface area contributed by atoms with Crippen LogP contribution in [0.3, 0.4) is 0 Å². The summed E-state index contributed by atoms with van der Waals surface area (Å²) in [7, 11) is 0. The van der Waals surface area contributed by atoms with E-state index in [-0.39, 0.29) is 17.1 Å². The van der Waals surface area contributed by atoms with Crippen molar-refractivity contribution in [1.82, 2.24) is 10.3 Å². The molecule has 1 saturated carbocycles. The Morgan fingerprint density at radius 3 is 2.94 bits per heavy atom. The lowest BCUT2D eigenvalue weighted by molar-refractivity contribution is 0.0818. The van der Waals surface area contributed by atoms with Crippen molar-refractivity contribution in [2.24, 2.45) is 0 Å². The lowest BCUT2D eigenvalue weighted by atomic mass is 10.1. The highest BCUT2D eigenvalue weighted by Gasteiger charge is 2.24. The van der Waals surface area contributed by atoms with Gasteiger partial charge in [-0.3, -0.25) is 4.79 Å². The Morgan fingerprint density at radius 2 is 2.17 bits per heavy atom. The standard InChI is InChI=1S/C13H17ClN2O2/c14-12-9(5-4-8-15-12)13(18)16-10-6-2-1-3-7-11(10)17/h4-5,8,10-11,17H,1-3,6-7H2,(H,16,18). The van der Waals surface area contributed by atoms with Crippen LogP contribution in [0, 0.1) is 0 Å². The van der Waals surface area contributed by atoms with Gasteiger partial charge in [0.2, 0.25) is 0 Å². The van der Waals surface area contributed by atoms with Crippen LogP contribution in [0.25, 0.3) is 0 Å². The number of amides is 1. The van der Waals surface area contributed by atoms with Crippen LogP contribution >= 0.6 is 11.6 Å². The van der Waals surface area contributed by atoms with Gasteiger partial charge in [0.25, 0.3) is 5.91 Å². The second-order valence-electron chi connectivity index (χ2n) is 4.63. The second kappa shape index (κ2) is 6.16. The van der Waals surface area contributed by atoms with E-state index in [0.717, 1.165) is 32.1 Å². The van der Waals surface area contributed by atoms with Crippen molar-refractivity contribution in [3.05, 3.63) is 29.0 Å². The van der Waals surface area contributed by atoms with E-state index in [2.05, 4.69) is 10.3 Å². The fraction of sp³-hybridized carbons (Fsp3) is 0.538. The highest BCUT2D eigenvalue weighted by Crippen LogP contribution is 2.19. The van der Waals surface area contributed by atoms with Crippen LogP contribution in [0.5, 0.6) is 0 Å². The quantitative estimate of drug-likeness (QED) is 0.638. The maximum Gasteiger partial charge on any atom is 0.254 e. The molecule has 18 heavy (non-hydrogen) atoms. The van der Waals surface area contributed by atoms with E-state index < -0.39 is 6.10 Å². The molecule has 98 valence electrons. The maximum atomic E-state index is 12.0. The Morgan fingerprint density at radius 1 is 1.39 bits per heavy atom. The second-order valence-corrected chi connectivity index (χ2v) is 4.99. The van der Waals surface area contributed by atoms with E-state index in [4.69, 9.17) is 11.6 Å². The number of pyridine rings is 1. The first kappa shape index (κ1) is 13.3. The zero-order valence-electron chi connectivity index (χ0n) is 10.1. The van der Waals surface area contributed by atoms with Crippen LogP contribution in [0.1, 0.15) is 42.5 Å². The van der Waals surface area contributed by atoms with Crippen LogP contribution in [0.4, 0.5) is 0 Å². The zero-order chi connectivity index (χ0) is 13.0. The molecule has 0 aliphatic heterocycles. The number of nitrogens with one attached hydrogen (secondary N) is 1. The third-order valence-electron chi connectivity index (χ3n) is 3.30. The molecule has 1 heterocycles. The average Bonchev–Trinajstić information content (AvgIpc) is 2.55. The van der Waals surface area contributed by atoms with Crippen molar-refractivity contribution in [1.29, 1.82) is 0 Å². The largest absolute Gasteiger partial charge is 0.391 e. The maximum absolute atomic E-state index is 12.0. The van der Waals surface area contributed by atoms with Gasteiger partial charge in [0.1, 0.15) is 5.15 Å². The van der Waals surface area contributed by atoms with Gasteiger partial charge < -0.3 is 10.4 Å². The van der Waals surface area contributed by atoms with Gasteiger partial charge in [-0.2, -0.15) is 0 Å². The highest BCUT2D eigenvalue weighted by atomic mass is 35.5. The molecule has 1 amide bonds. The molecule has 1 aliphatic rings. The molecule has 0 aromatic carbocycles. The summed E-state index contributed by atoms with van der Waals surface area (Å²) in [6.45, 7) is 0. The smallest absolute Gasteiger partial charge is 0.254 e. The summed E-state index contributed by atoms with van der Waals surface area (Å²) in [6.07, 6.45) is 5.78. The van der Waals surface area contributed by atoms with Crippen molar-refractivity contribution in [2.45, 2.75) is 44.2 Å². The average molecular weight is 269 g/mol. The molecule has 0 spiro atoms. The summed E-state index contributed by atoms with van der Waals surface area (Å²) in [4.78, 5) is 15.9. The van der Waals surface area contributed by atoms with Crippen molar-refractivity contribution in [2.75, 3.05) is 0 Å². The Balaban J connectivity index is 2.04. The molecule has 4 nitrogen and oxygen atoms in total. The van der Waals surface area contributed by atoms with E-state index in [1.807, 2.05) is 0 Å². The summed E-state index contributed by atoms with van der Waals surface area (Å²) in [5, 5.41) is 13.0. The number of rotatable bonds is 2. The molecule has 1 aliphatic carbocycles. The number of carbonyl (C=O) groups is 1. The van der Waals surface area contributed by atoms with Crippen molar-refractivity contribution >= 4 is 17.5 Å². The minimum absolute atomic E-state index is 0.184. The highest BCUT2D eigenvalue weighted by molar-refractivity contribution is 6.32. The number of hydrogen-bond acceptors (Lipinski definition) is 3. The number of hydrogen-bond donors (Lipinski definition) is 2. The van der Waals surface area contributed by atoms with E-state index in [1.165, 1.54) is 0 Å². The molecule has 1 fully saturated rings. The van der Waals surface area contributed by atoms with E-state index in [0.29, 0.717) is 5.56 Å². The zero-order valence-corrected chi connectivity index (χ0v) is 10.9. The number of nitrogens with zero attached hydrogens (tertiary/aromatic N) is 1. The normalized spacial score (nSPS) is 24.3. The van der Waals surface area contributed by atoms with Gasteiger partial charge in [-0.15, -0.1) is 0 Å². The molecule has 0 bridgehead atoms. The van der Waals surface area contributed by atoms with Gasteiger partial charge in [0, 0.05) is 6.20 Å². The summed E-state index contributed by atoms with van der Waals surface area (Å²) in [5.41, 5.74) is 0.357. The van der Waals surface area contributed by atoms with Crippen LogP contribution < -0.4 is 5.32 Å². The van der Waals surface area contributed by atoms with Crippen molar-refractivity contribution in [3.63, 3.8) is 0 Å². The summed E-state index contributed by atoms with van der Waals surface area (Å²) in [6, 6.07) is 3.12.